The Kier molecular flexibility index (Phi) is 7.80. The molecule has 0 radical (unpaired) electrons. The third-order valence-electron chi connectivity index (χ3n) is 6.44. The number of hydrogen-bond acceptors (Lipinski definition) is 6. The highest BCUT2D eigenvalue weighted by Crippen LogP contribution is 2.28. The average Bonchev–Trinajstić information content (AvgIpc) is 3.13. The molecule has 0 unspecified atom stereocenters. The molecule has 1 saturated carbocycles. The van der Waals surface area contributed by atoms with Crippen molar-refractivity contribution in [1.82, 2.24) is 24.4 Å². The molecule has 0 aliphatic heterocycles. The van der Waals surface area contributed by atoms with Crippen LogP contribution in [0.5, 0.6) is 0 Å². The first kappa shape index (κ1) is 26.3. The predicted octanol–water partition coefficient (Wildman–Crippen LogP) is 5.31. The minimum atomic E-state index is -0.502. The molecule has 194 valence electrons. The number of nitrogens with one attached hydrogen (secondary N) is 2. The molecule has 2 N–H and O–H groups in total. The zero-order chi connectivity index (χ0) is 26.0. The molecule has 1 aromatic carbocycles. The highest BCUT2D eigenvalue weighted by Gasteiger charge is 2.29. The molecule has 1 aliphatic rings. The lowest BCUT2D eigenvalue weighted by Gasteiger charge is -2.35. The van der Waals surface area contributed by atoms with Crippen molar-refractivity contribution >= 4 is 46.4 Å². The van der Waals surface area contributed by atoms with Gasteiger partial charge in [-0.2, -0.15) is 4.98 Å². The summed E-state index contributed by atoms with van der Waals surface area (Å²) in [4.78, 5) is 38.4. The number of rotatable bonds is 6. The van der Waals surface area contributed by atoms with Gasteiger partial charge in [0.25, 0.3) is 0 Å². The largest absolute Gasteiger partial charge is 0.444 e. The number of ether oxygens (including phenoxy) is 1. The molecule has 4 rings (SSSR count). The number of hydrogen-bond donors (Lipinski definition) is 2. The van der Waals surface area contributed by atoms with Gasteiger partial charge in [-0.1, -0.05) is 23.2 Å². The quantitative estimate of drug-likeness (QED) is 0.443. The number of nitrogens with zero attached hydrogens (tertiary/aromatic N) is 4. The number of amides is 1. The van der Waals surface area contributed by atoms with Crippen molar-refractivity contribution in [3.05, 3.63) is 50.5 Å². The molecule has 36 heavy (non-hydrogen) atoms. The van der Waals surface area contributed by atoms with Gasteiger partial charge < -0.3 is 19.9 Å². The number of halogens is 2. The summed E-state index contributed by atoms with van der Waals surface area (Å²) in [6.07, 6.45) is 5.13. The van der Waals surface area contributed by atoms with E-state index in [2.05, 4.69) is 20.3 Å². The molecule has 0 atom stereocenters. The fourth-order valence-electron chi connectivity index (χ4n) is 4.47. The van der Waals surface area contributed by atoms with Crippen molar-refractivity contribution in [2.45, 2.75) is 64.6 Å². The lowest BCUT2D eigenvalue weighted by molar-refractivity contribution is 0.0174. The molecule has 0 saturated heterocycles. The van der Waals surface area contributed by atoms with Crippen molar-refractivity contribution < 1.29 is 9.53 Å². The first-order valence-electron chi connectivity index (χ1n) is 12.1. The van der Waals surface area contributed by atoms with Gasteiger partial charge in [0.05, 0.1) is 12.7 Å². The van der Waals surface area contributed by atoms with Crippen LogP contribution in [-0.4, -0.2) is 55.7 Å². The first-order chi connectivity index (χ1) is 17.0. The van der Waals surface area contributed by atoms with Crippen LogP contribution >= 0.6 is 23.2 Å². The number of aromatic amines is 1. The third-order valence-corrected chi connectivity index (χ3v) is 7.05. The van der Waals surface area contributed by atoms with E-state index in [0.717, 1.165) is 31.2 Å². The van der Waals surface area contributed by atoms with Crippen LogP contribution in [0.1, 0.15) is 52.0 Å². The van der Waals surface area contributed by atoms with Crippen LogP contribution in [0.4, 0.5) is 10.7 Å². The normalized spacial score (nSPS) is 18.3. The topological polar surface area (TPSA) is 105 Å². The molecule has 11 heteroatoms. The minimum Gasteiger partial charge on any atom is -0.444 e. The SMILES string of the molecule is CN(C(=O)OC(C)(C)C)C1CCC(CNc2ncc3[nH]c(=O)n(Cc4cc(Cl)ccc4Cl)c3n2)CC1. The van der Waals surface area contributed by atoms with Crippen molar-refractivity contribution in [2.24, 2.45) is 5.92 Å². The summed E-state index contributed by atoms with van der Waals surface area (Å²) in [5, 5.41) is 4.40. The molecule has 0 spiro atoms. The summed E-state index contributed by atoms with van der Waals surface area (Å²) in [5.74, 6) is 0.895. The second-order valence-corrected chi connectivity index (χ2v) is 11.2. The smallest absolute Gasteiger partial charge is 0.410 e. The summed E-state index contributed by atoms with van der Waals surface area (Å²) < 4.78 is 7.02. The number of imidazole rings is 1. The Morgan fingerprint density at radius 1 is 1.25 bits per heavy atom. The molecule has 3 aromatic rings. The number of anilines is 1. The Morgan fingerprint density at radius 3 is 2.67 bits per heavy atom. The van der Waals surface area contributed by atoms with Crippen LogP contribution in [0, 0.1) is 5.92 Å². The summed E-state index contributed by atoms with van der Waals surface area (Å²) in [5.41, 5.74) is 0.984. The van der Waals surface area contributed by atoms with Crippen molar-refractivity contribution in [3.8, 4) is 0 Å². The zero-order valence-corrected chi connectivity index (χ0v) is 22.5. The van der Waals surface area contributed by atoms with Gasteiger partial charge in [0.2, 0.25) is 5.95 Å². The van der Waals surface area contributed by atoms with E-state index in [1.165, 1.54) is 4.57 Å². The highest BCUT2D eigenvalue weighted by atomic mass is 35.5. The van der Waals surface area contributed by atoms with Gasteiger partial charge in [0.15, 0.2) is 5.65 Å². The Labute approximate surface area is 220 Å². The maximum atomic E-state index is 12.6. The Morgan fingerprint density at radius 2 is 1.97 bits per heavy atom. The van der Waals surface area contributed by atoms with E-state index in [-0.39, 0.29) is 24.4 Å². The number of carbonyl (C=O) groups is 1. The van der Waals surface area contributed by atoms with Crippen LogP contribution in [-0.2, 0) is 11.3 Å². The number of H-pyrrole nitrogens is 1. The van der Waals surface area contributed by atoms with Gasteiger partial charge in [-0.15, -0.1) is 0 Å². The third kappa shape index (κ3) is 6.31. The highest BCUT2D eigenvalue weighted by molar-refractivity contribution is 6.33. The van der Waals surface area contributed by atoms with Crippen LogP contribution in [0.25, 0.3) is 11.2 Å². The number of benzene rings is 1. The van der Waals surface area contributed by atoms with E-state index in [9.17, 15) is 9.59 Å². The van der Waals surface area contributed by atoms with Gasteiger partial charge in [-0.25, -0.2) is 14.6 Å². The van der Waals surface area contributed by atoms with Crippen LogP contribution in [0.15, 0.2) is 29.2 Å². The van der Waals surface area contributed by atoms with E-state index in [0.29, 0.717) is 39.6 Å². The standard InChI is InChI=1S/C25H32Cl2N6O3/c1-25(2,3)36-24(35)32(4)18-8-5-15(6-9-18)12-28-22-29-13-20-21(31-22)33(23(34)30-20)14-16-11-17(26)7-10-19(16)27/h7,10-11,13,15,18H,5-6,8-9,12,14H2,1-4H3,(H,30,34)(H,28,29,31). The number of aromatic nitrogens is 4. The summed E-state index contributed by atoms with van der Waals surface area (Å²) in [6, 6.07) is 5.34. The van der Waals surface area contributed by atoms with Gasteiger partial charge >= 0.3 is 11.8 Å². The van der Waals surface area contributed by atoms with Crippen LogP contribution in [0.2, 0.25) is 10.0 Å². The molecule has 1 amide bonds. The fraction of sp³-hybridized carbons (Fsp3) is 0.520. The second-order valence-electron chi connectivity index (χ2n) is 10.3. The van der Waals surface area contributed by atoms with Crippen LogP contribution in [0.3, 0.4) is 0 Å². The Hall–Kier alpha value is -2.78. The molecule has 1 fully saturated rings. The first-order valence-corrected chi connectivity index (χ1v) is 12.8. The van der Waals surface area contributed by atoms with E-state index < -0.39 is 5.60 Å². The maximum absolute atomic E-state index is 12.6. The molecular formula is C25H32Cl2N6O3. The average molecular weight is 535 g/mol. The molecule has 9 nitrogen and oxygen atoms in total. The molecule has 1 aliphatic carbocycles. The molecular weight excluding hydrogens is 503 g/mol. The van der Waals surface area contributed by atoms with Crippen molar-refractivity contribution in [3.63, 3.8) is 0 Å². The van der Waals surface area contributed by atoms with E-state index in [1.807, 2.05) is 27.8 Å². The molecule has 2 aromatic heterocycles. The lowest BCUT2D eigenvalue weighted by Crippen LogP contribution is -2.42. The maximum Gasteiger partial charge on any atom is 0.410 e. The van der Waals surface area contributed by atoms with Crippen molar-refractivity contribution in [1.29, 1.82) is 0 Å². The Balaban J connectivity index is 1.37. The summed E-state index contributed by atoms with van der Waals surface area (Å²) in [7, 11) is 1.81. The second kappa shape index (κ2) is 10.7. The molecule has 2 heterocycles. The summed E-state index contributed by atoms with van der Waals surface area (Å²) >= 11 is 12.4. The summed E-state index contributed by atoms with van der Waals surface area (Å²) in [6.45, 7) is 6.58. The van der Waals surface area contributed by atoms with Crippen LogP contribution < -0.4 is 11.0 Å². The van der Waals surface area contributed by atoms with Crippen molar-refractivity contribution in [2.75, 3.05) is 18.9 Å². The molecule has 0 bridgehead atoms. The number of carbonyl (C=O) groups excluding carboxylic acids is 1. The number of fused-ring (bicyclic) bond motifs is 1. The van der Waals surface area contributed by atoms with E-state index >= 15 is 0 Å². The van der Waals surface area contributed by atoms with Gasteiger partial charge in [-0.05, 0) is 76.1 Å². The van der Waals surface area contributed by atoms with Gasteiger partial charge in [0, 0.05) is 29.7 Å². The Bertz CT molecular complexity index is 1290. The van der Waals surface area contributed by atoms with Gasteiger partial charge in [-0.3, -0.25) is 4.57 Å². The lowest BCUT2D eigenvalue weighted by atomic mass is 9.85. The zero-order valence-electron chi connectivity index (χ0n) is 21.0. The van der Waals surface area contributed by atoms with Gasteiger partial charge in [0.1, 0.15) is 11.1 Å². The monoisotopic (exact) mass is 534 g/mol. The predicted molar refractivity (Wildman–Crippen MR) is 142 cm³/mol. The fourth-order valence-corrected chi connectivity index (χ4v) is 4.84. The van der Waals surface area contributed by atoms with E-state index in [4.69, 9.17) is 27.9 Å². The minimum absolute atomic E-state index is 0.177. The van der Waals surface area contributed by atoms with E-state index in [1.54, 1.807) is 29.3 Å².